The van der Waals surface area contributed by atoms with E-state index in [1.54, 1.807) is 12.1 Å². The van der Waals surface area contributed by atoms with E-state index < -0.39 is 10.0 Å². The van der Waals surface area contributed by atoms with Crippen LogP contribution in [-0.2, 0) is 15.4 Å². The fraction of sp³-hybridized carbons (Fsp3) is 0.368. The summed E-state index contributed by atoms with van der Waals surface area (Å²) < 4.78 is 34.1. The van der Waals surface area contributed by atoms with Crippen molar-refractivity contribution in [2.75, 3.05) is 7.11 Å². The summed E-state index contributed by atoms with van der Waals surface area (Å²) >= 11 is 3.31. The van der Waals surface area contributed by atoms with E-state index in [1.807, 2.05) is 31.2 Å². The van der Waals surface area contributed by atoms with Crippen LogP contribution in [0.25, 0.3) is 0 Å². The molecule has 1 atom stereocenters. The third-order valence-electron chi connectivity index (χ3n) is 4.02. The molecule has 0 aromatic heterocycles. The average molecular weight is 426 g/mol. The van der Waals surface area contributed by atoms with Crippen LogP contribution in [0.3, 0.4) is 0 Å². The van der Waals surface area contributed by atoms with Gasteiger partial charge in [-0.15, -0.1) is 0 Å². The number of methoxy groups -OCH3 is 1. The zero-order valence-corrected chi connectivity index (χ0v) is 17.5. The van der Waals surface area contributed by atoms with Gasteiger partial charge in [0, 0.05) is 10.5 Å². The van der Waals surface area contributed by atoms with E-state index in [4.69, 9.17) is 4.74 Å². The summed E-state index contributed by atoms with van der Waals surface area (Å²) in [6.45, 7) is 8.27. The van der Waals surface area contributed by atoms with Crippen molar-refractivity contribution in [2.45, 2.75) is 44.0 Å². The first kappa shape index (κ1) is 19.9. The van der Waals surface area contributed by atoms with Crippen molar-refractivity contribution in [1.82, 2.24) is 4.72 Å². The molecule has 0 amide bonds. The molecular formula is C19H24BrNO3S. The van der Waals surface area contributed by atoms with Crippen LogP contribution in [-0.4, -0.2) is 15.5 Å². The molecule has 2 aromatic rings. The maximum absolute atomic E-state index is 12.8. The van der Waals surface area contributed by atoms with Gasteiger partial charge in [0.2, 0.25) is 10.0 Å². The normalized spacial score (nSPS) is 13.5. The zero-order valence-electron chi connectivity index (χ0n) is 15.1. The van der Waals surface area contributed by atoms with Crippen molar-refractivity contribution in [3.63, 3.8) is 0 Å². The van der Waals surface area contributed by atoms with Gasteiger partial charge >= 0.3 is 0 Å². The lowest BCUT2D eigenvalue weighted by atomic mass is 9.86. The highest BCUT2D eigenvalue weighted by atomic mass is 79.9. The molecule has 0 unspecified atom stereocenters. The van der Waals surface area contributed by atoms with Crippen LogP contribution in [0.2, 0.25) is 0 Å². The van der Waals surface area contributed by atoms with E-state index in [9.17, 15) is 8.42 Å². The average Bonchev–Trinajstić information content (AvgIpc) is 2.53. The molecule has 25 heavy (non-hydrogen) atoms. The molecule has 0 radical (unpaired) electrons. The molecule has 0 aliphatic heterocycles. The lowest BCUT2D eigenvalue weighted by Gasteiger charge is -2.21. The van der Waals surface area contributed by atoms with Crippen molar-refractivity contribution < 1.29 is 13.2 Å². The van der Waals surface area contributed by atoms with Crippen molar-refractivity contribution in [2.24, 2.45) is 0 Å². The summed E-state index contributed by atoms with van der Waals surface area (Å²) in [6.07, 6.45) is 0. The second kappa shape index (κ2) is 7.48. The minimum Gasteiger partial charge on any atom is -0.495 e. The van der Waals surface area contributed by atoms with E-state index in [0.717, 1.165) is 5.56 Å². The van der Waals surface area contributed by atoms with Gasteiger partial charge in [0.05, 0.1) is 7.11 Å². The Morgan fingerprint density at radius 3 is 2.20 bits per heavy atom. The largest absolute Gasteiger partial charge is 0.495 e. The van der Waals surface area contributed by atoms with E-state index in [2.05, 4.69) is 41.4 Å². The van der Waals surface area contributed by atoms with Crippen LogP contribution in [0.15, 0.2) is 51.8 Å². The molecule has 1 N–H and O–H groups in total. The Morgan fingerprint density at radius 1 is 1.08 bits per heavy atom. The van der Waals surface area contributed by atoms with Gasteiger partial charge in [-0.1, -0.05) is 61.0 Å². The maximum atomic E-state index is 12.8. The molecule has 4 nitrogen and oxygen atoms in total. The minimum absolute atomic E-state index is 0.0605. The topological polar surface area (TPSA) is 55.4 Å². The standard InChI is InChI=1S/C19H24BrNO3S/c1-13(14-6-8-15(9-7-14)19(2,3)4)21-25(22,23)18-12-16(20)10-11-17(18)24-5/h6-13,21H,1-5H3/t13-/m0/s1. The van der Waals surface area contributed by atoms with Crippen molar-refractivity contribution in [3.05, 3.63) is 58.1 Å². The number of benzene rings is 2. The van der Waals surface area contributed by atoms with Gasteiger partial charge in [-0.2, -0.15) is 0 Å². The summed E-state index contributed by atoms with van der Waals surface area (Å²) in [6, 6.07) is 12.6. The highest BCUT2D eigenvalue weighted by molar-refractivity contribution is 9.10. The van der Waals surface area contributed by atoms with Gasteiger partial charge in [0.15, 0.2) is 0 Å². The van der Waals surface area contributed by atoms with Crippen LogP contribution in [0, 0.1) is 0 Å². The second-order valence-corrected chi connectivity index (χ2v) is 9.61. The molecule has 0 spiro atoms. The van der Waals surface area contributed by atoms with Gasteiger partial charge in [-0.3, -0.25) is 0 Å². The van der Waals surface area contributed by atoms with Crippen molar-refractivity contribution >= 4 is 26.0 Å². The molecule has 0 fully saturated rings. The predicted molar refractivity (Wildman–Crippen MR) is 105 cm³/mol. The Balaban J connectivity index is 2.27. The van der Waals surface area contributed by atoms with Crippen LogP contribution < -0.4 is 9.46 Å². The molecule has 0 aliphatic rings. The summed E-state index contributed by atoms with van der Waals surface area (Å²) in [7, 11) is -2.26. The summed E-state index contributed by atoms with van der Waals surface area (Å²) in [5, 5.41) is 0. The summed E-state index contributed by atoms with van der Waals surface area (Å²) in [4.78, 5) is 0.113. The molecule has 0 saturated carbocycles. The Bertz CT molecular complexity index is 840. The fourth-order valence-corrected chi connectivity index (χ4v) is 4.44. The Kier molecular flexibility index (Phi) is 5.97. The highest BCUT2D eigenvalue weighted by Crippen LogP contribution is 2.29. The fourth-order valence-electron chi connectivity index (χ4n) is 2.50. The first-order valence-electron chi connectivity index (χ1n) is 8.01. The maximum Gasteiger partial charge on any atom is 0.244 e. The minimum atomic E-state index is -3.72. The molecule has 0 heterocycles. The molecule has 6 heteroatoms. The third-order valence-corrected chi connectivity index (χ3v) is 6.08. The zero-order chi connectivity index (χ0) is 18.8. The van der Waals surface area contributed by atoms with Gasteiger partial charge in [0.25, 0.3) is 0 Å². The van der Waals surface area contributed by atoms with Crippen molar-refractivity contribution in [3.8, 4) is 5.75 Å². The van der Waals surface area contributed by atoms with E-state index >= 15 is 0 Å². The van der Waals surface area contributed by atoms with E-state index in [-0.39, 0.29) is 16.4 Å². The smallest absolute Gasteiger partial charge is 0.244 e. The lowest BCUT2D eigenvalue weighted by molar-refractivity contribution is 0.402. The molecule has 2 rings (SSSR count). The third kappa shape index (κ3) is 4.84. The van der Waals surface area contributed by atoms with Crippen LogP contribution in [0.1, 0.15) is 44.9 Å². The molecule has 0 saturated heterocycles. The van der Waals surface area contributed by atoms with E-state index in [0.29, 0.717) is 10.2 Å². The van der Waals surface area contributed by atoms with Gasteiger partial charge in [-0.05, 0) is 41.7 Å². The Labute approximate surface area is 158 Å². The van der Waals surface area contributed by atoms with E-state index in [1.165, 1.54) is 18.7 Å². The molecule has 0 aliphatic carbocycles. The van der Waals surface area contributed by atoms with Gasteiger partial charge < -0.3 is 4.74 Å². The first-order valence-corrected chi connectivity index (χ1v) is 10.3. The Hall–Kier alpha value is -1.37. The number of hydrogen-bond donors (Lipinski definition) is 1. The van der Waals surface area contributed by atoms with Crippen LogP contribution in [0.4, 0.5) is 0 Å². The van der Waals surface area contributed by atoms with Crippen LogP contribution >= 0.6 is 15.9 Å². The van der Waals surface area contributed by atoms with Crippen LogP contribution in [0.5, 0.6) is 5.75 Å². The molecule has 0 bridgehead atoms. The monoisotopic (exact) mass is 425 g/mol. The highest BCUT2D eigenvalue weighted by Gasteiger charge is 2.23. The molecular weight excluding hydrogens is 402 g/mol. The number of ether oxygens (including phenoxy) is 1. The molecule has 136 valence electrons. The lowest BCUT2D eigenvalue weighted by Crippen LogP contribution is -2.27. The summed E-state index contributed by atoms with van der Waals surface area (Å²) in [5.74, 6) is 0.311. The van der Waals surface area contributed by atoms with Gasteiger partial charge in [-0.25, -0.2) is 13.1 Å². The summed E-state index contributed by atoms with van der Waals surface area (Å²) in [5.41, 5.74) is 2.18. The number of hydrogen-bond acceptors (Lipinski definition) is 3. The van der Waals surface area contributed by atoms with Crippen molar-refractivity contribution in [1.29, 1.82) is 0 Å². The number of sulfonamides is 1. The number of halogens is 1. The SMILES string of the molecule is COc1ccc(Br)cc1S(=O)(=O)N[C@@H](C)c1ccc(C(C)(C)C)cc1. The molecule has 2 aromatic carbocycles. The second-order valence-electron chi connectivity index (χ2n) is 7.01. The predicted octanol–water partition coefficient (Wildman–Crippen LogP) is 4.79. The quantitative estimate of drug-likeness (QED) is 0.748. The number of rotatable bonds is 5. The first-order chi connectivity index (χ1) is 11.5. The number of nitrogens with one attached hydrogen (secondary N) is 1. The van der Waals surface area contributed by atoms with Gasteiger partial charge in [0.1, 0.15) is 10.6 Å². The Morgan fingerprint density at radius 2 is 1.68 bits per heavy atom.